The molecule has 0 aliphatic carbocycles. The first kappa shape index (κ1) is 13.4. The summed E-state index contributed by atoms with van der Waals surface area (Å²) < 4.78 is 31.8. The third-order valence-electron chi connectivity index (χ3n) is 2.54. The lowest BCUT2D eigenvalue weighted by Crippen LogP contribution is -2.12. The van der Waals surface area contributed by atoms with E-state index in [1.807, 2.05) is 6.92 Å². The van der Waals surface area contributed by atoms with Crippen LogP contribution in [0.4, 0.5) is 8.78 Å². The summed E-state index contributed by atoms with van der Waals surface area (Å²) in [5.74, 6) is -0.870. The number of halogens is 2. The highest BCUT2D eigenvalue weighted by atomic mass is 19.1. The van der Waals surface area contributed by atoms with Crippen molar-refractivity contribution in [3.05, 3.63) is 53.9 Å². The molecule has 1 heterocycles. The Morgan fingerprint density at radius 1 is 1.21 bits per heavy atom. The van der Waals surface area contributed by atoms with Gasteiger partial charge in [-0.15, -0.1) is 0 Å². The Labute approximate surface area is 110 Å². The second-order valence-corrected chi connectivity index (χ2v) is 3.94. The molecule has 1 aromatic heterocycles. The molecule has 100 valence electrons. The first-order valence-electron chi connectivity index (χ1n) is 5.97. The van der Waals surface area contributed by atoms with E-state index in [-0.39, 0.29) is 5.75 Å². The van der Waals surface area contributed by atoms with Crippen molar-refractivity contribution in [3.63, 3.8) is 0 Å². The number of hydrogen-bond donors (Lipinski definition) is 1. The SMILES string of the molecule is CCNCc1cnccc1Oc1ccc(F)cc1F. The van der Waals surface area contributed by atoms with E-state index in [0.717, 1.165) is 24.2 Å². The van der Waals surface area contributed by atoms with Gasteiger partial charge in [-0.3, -0.25) is 4.98 Å². The van der Waals surface area contributed by atoms with Gasteiger partial charge in [0.05, 0.1) is 0 Å². The summed E-state index contributed by atoms with van der Waals surface area (Å²) in [6, 6.07) is 4.86. The molecule has 0 spiro atoms. The normalized spacial score (nSPS) is 10.5. The van der Waals surface area contributed by atoms with Crippen molar-refractivity contribution in [2.75, 3.05) is 6.54 Å². The van der Waals surface area contributed by atoms with E-state index >= 15 is 0 Å². The lowest BCUT2D eigenvalue weighted by Gasteiger charge is -2.11. The van der Waals surface area contributed by atoms with Gasteiger partial charge in [-0.25, -0.2) is 8.78 Å². The van der Waals surface area contributed by atoms with Gasteiger partial charge in [-0.1, -0.05) is 6.92 Å². The van der Waals surface area contributed by atoms with E-state index < -0.39 is 11.6 Å². The summed E-state index contributed by atoms with van der Waals surface area (Å²) in [5.41, 5.74) is 0.813. The zero-order valence-electron chi connectivity index (χ0n) is 10.5. The van der Waals surface area contributed by atoms with Crippen LogP contribution in [-0.2, 0) is 6.54 Å². The molecule has 0 unspecified atom stereocenters. The van der Waals surface area contributed by atoms with Crippen LogP contribution in [0, 0.1) is 11.6 Å². The zero-order valence-corrected chi connectivity index (χ0v) is 10.5. The maximum absolute atomic E-state index is 13.5. The molecule has 0 amide bonds. The van der Waals surface area contributed by atoms with Gasteiger partial charge in [0.1, 0.15) is 11.6 Å². The van der Waals surface area contributed by atoms with E-state index in [1.54, 1.807) is 18.5 Å². The lowest BCUT2D eigenvalue weighted by molar-refractivity contribution is 0.431. The first-order valence-corrected chi connectivity index (χ1v) is 5.97. The van der Waals surface area contributed by atoms with Gasteiger partial charge in [-0.2, -0.15) is 0 Å². The topological polar surface area (TPSA) is 34.2 Å². The number of hydrogen-bond acceptors (Lipinski definition) is 3. The van der Waals surface area contributed by atoms with Crippen LogP contribution < -0.4 is 10.1 Å². The summed E-state index contributed by atoms with van der Waals surface area (Å²) >= 11 is 0. The summed E-state index contributed by atoms with van der Waals surface area (Å²) in [6.07, 6.45) is 3.21. The van der Waals surface area contributed by atoms with Crippen LogP contribution >= 0.6 is 0 Å². The Bertz CT molecular complexity index is 561. The van der Waals surface area contributed by atoms with Crippen LogP contribution in [0.15, 0.2) is 36.7 Å². The molecule has 2 aromatic rings. The zero-order chi connectivity index (χ0) is 13.7. The summed E-state index contributed by atoms with van der Waals surface area (Å²) in [5, 5.41) is 3.14. The smallest absolute Gasteiger partial charge is 0.168 e. The number of nitrogens with one attached hydrogen (secondary N) is 1. The van der Waals surface area contributed by atoms with Crippen molar-refractivity contribution in [2.45, 2.75) is 13.5 Å². The third-order valence-corrected chi connectivity index (χ3v) is 2.54. The van der Waals surface area contributed by atoms with E-state index in [0.29, 0.717) is 12.3 Å². The van der Waals surface area contributed by atoms with Crippen molar-refractivity contribution < 1.29 is 13.5 Å². The molecule has 0 saturated heterocycles. The minimum atomic E-state index is -0.730. The molecule has 3 nitrogen and oxygen atoms in total. The number of pyridine rings is 1. The van der Waals surface area contributed by atoms with Crippen LogP contribution in [0.5, 0.6) is 11.5 Å². The van der Waals surface area contributed by atoms with E-state index in [4.69, 9.17) is 4.74 Å². The maximum atomic E-state index is 13.5. The molecule has 0 atom stereocenters. The van der Waals surface area contributed by atoms with Gasteiger partial charge in [0, 0.05) is 30.6 Å². The Hall–Kier alpha value is -2.01. The largest absolute Gasteiger partial charge is 0.454 e. The number of benzene rings is 1. The molecule has 0 saturated carbocycles. The molecule has 0 fully saturated rings. The predicted molar refractivity (Wildman–Crippen MR) is 68.0 cm³/mol. The summed E-state index contributed by atoms with van der Waals surface area (Å²) in [6.45, 7) is 3.36. The van der Waals surface area contributed by atoms with Gasteiger partial charge in [-0.05, 0) is 24.7 Å². The molecular weight excluding hydrogens is 250 g/mol. The van der Waals surface area contributed by atoms with Crippen LogP contribution in [0.1, 0.15) is 12.5 Å². The standard InChI is InChI=1S/C14H14F2N2O/c1-2-17-8-10-9-18-6-5-13(10)19-14-4-3-11(15)7-12(14)16/h3-7,9,17H,2,8H2,1H3. The van der Waals surface area contributed by atoms with Gasteiger partial charge in [0.15, 0.2) is 11.6 Å². The van der Waals surface area contributed by atoms with Crippen LogP contribution in [0.2, 0.25) is 0 Å². The van der Waals surface area contributed by atoms with Crippen LogP contribution in [0.25, 0.3) is 0 Å². The average Bonchev–Trinajstić information content (AvgIpc) is 2.41. The fourth-order valence-corrected chi connectivity index (χ4v) is 1.58. The molecule has 0 aliphatic heterocycles. The fourth-order valence-electron chi connectivity index (χ4n) is 1.58. The van der Waals surface area contributed by atoms with E-state index in [2.05, 4.69) is 10.3 Å². The third kappa shape index (κ3) is 3.48. The molecule has 0 radical (unpaired) electrons. The minimum absolute atomic E-state index is 0.00894. The Balaban J connectivity index is 2.22. The second kappa shape index (κ2) is 6.24. The highest BCUT2D eigenvalue weighted by Crippen LogP contribution is 2.27. The van der Waals surface area contributed by atoms with Gasteiger partial charge in [0.25, 0.3) is 0 Å². The first-order chi connectivity index (χ1) is 9.20. The number of nitrogens with zero attached hydrogens (tertiary/aromatic N) is 1. The molecule has 19 heavy (non-hydrogen) atoms. The summed E-state index contributed by atoms with van der Waals surface area (Å²) in [4.78, 5) is 4.00. The van der Waals surface area contributed by atoms with Crippen molar-refractivity contribution >= 4 is 0 Å². The van der Waals surface area contributed by atoms with Crippen molar-refractivity contribution in [2.24, 2.45) is 0 Å². The second-order valence-electron chi connectivity index (χ2n) is 3.94. The lowest BCUT2D eigenvalue weighted by atomic mass is 10.2. The molecule has 5 heteroatoms. The van der Waals surface area contributed by atoms with Crippen LogP contribution in [0.3, 0.4) is 0 Å². The van der Waals surface area contributed by atoms with E-state index in [9.17, 15) is 8.78 Å². The molecule has 1 N–H and O–H groups in total. The monoisotopic (exact) mass is 264 g/mol. The molecular formula is C14H14F2N2O. The maximum Gasteiger partial charge on any atom is 0.168 e. The van der Waals surface area contributed by atoms with Crippen molar-refractivity contribution in [3.8, 4) is 11.5 Å². The van der Waals surface area contributed by atoms with Gasteiger partial charge in [0.2, 0.25) is 0 Å². The van der Waals surface area contributed by atoms with Crippen LogP contribution in [-0.4, -0.2) is 11.5 Å². The number of aromatic nitrogens is 1. The predicted octanol–water partition coefficient (Wildman–Crippen LogP) is 3.26. The number of rotatable bonds is 5. The fraction of sp³-hybridized carbons (Fsp3) is 0.214. The molecule has 2 rings (SSSR count). The highest BCUT2D eigenvalue weighted by Gasteiger charge is 2.09. The van der Waals surface area contributed by atoms with Gasteiger partial charge >= 0.3 is 0 Å². The Kier molecular flexibility index (Phi) is 4.41. The van der Waals surface area contributed by atoms with Crippen molar-refractivity contribution in [1.82, 2.24) is 10.3 Å². The number of ether oxygens (including phenoxy) is 1. The molecule has 1 aromatic carbocycles. The minimum Gasteiger partial charge on any atom is -0.454 e. The van der Waals surface area contributed by atoms with Crippen molar-refractivity contribution in [1.29, 1.82) is 0 Å². The average molecular weight is 264 g/mol. The Morgan fingerprint density at radius 3 is 2.79 bits per heavy atom. The molecule has 0 bridgehead atoms. The highest BCUT2D eigenvalue weighted by molar-refractivity contribution is 5.36. The Morgan fingerprint density at radius 2 is 2.05 bits per heavy atom. The quantitative estimate of drug-likeness (QED) is 0.900. The molecule has 0 aliphatic rings. The van der Waals surface area contributed by atoms with Gasteiger partial charge < -0.3 is 10.1 Å². The summed E-state index contributed by atoms with van der Waals surface area (Å²) in [7, 11) is 0. The van der Waals surface area contributed by atoms with E-state index in [1.165, 1.54) is 6.07 Å².